The summed E-state index contributed by atoms with van der Waals surface area (Å²) < 4.78 is 5.66. The van der Waals surface area contributed by atoms with Crippen molar-refractivity contribution in [2.45, 2.75) is 40.0 Å². The van der Waals surface area contributed by atoms with E-state index >= 15 is 0 Å². The van der Waals surface area contributed by atoms with Gasteiger partial charge in [0.05, 0.1) is 6.26 Å². The third-order valence-corrected chi connectivity index (χ3v) is 3.88. The highest BCUT2D eigenvalue weighted by molar-refractivity contribution is 5.91. The molecular formula is C21H32N2O3. The molecule has 1 aromatic carbocycles. The van der Waals surface area contributed by atoms with Crippen LogP contribution in [0, 0.1) is 5.41 Å². The number of aromatic nitrogens is 1. The zero-order valence-electron chi connectivity index (χ0n) is 16.6. The molecule has 0 saturated carbocycles. The lowest BCUT2D eigenvalue weighted by Crippen LogP contribution is -2.15. The molecule has 0 aliphatic carbocycles. The van der Waals surface area contributed by atoms with Crippen LogP contribution in [-0.4, -0.2) is 41.6 Å². The number of aliphatic hydroxyl groups excluding tert-OH is 1. The van der Waals surface area contributed by atoms with E-state index < -0.39 is 0 Å². The zero-order valence-corrected chi connectivity index (χ0v) is 16.6. The van der Waals surface area contributed by atoms with Crippen LogP contribution in [0.1, 0.15) is 39.2 Å². The first-order valence-electron chi connectivity index (χ1n) is 8.87. The number of ether oxygens (including phenoxy) is 1. The molecule has 0 fully saturated rings. The lowest BCUT2D eigenvalue weighted by molar-refractivity contribution is -0.134. The van der Waals surface area contributed by atoms with E-state index in [1.165, 1.54) is 5.56 Å². The number of H-pyrrole nitrogens is 1. The fourth-order valence-electron chi connectivity index (χ4n) is 2.50. The second-order valence-electron chi connectivity index (χ2n) is 7.76. The summed E-state index contributed by atoms with van der Waals surface area (Å²) in [6, 6.07) is 5.81. The summed E-state index contributed by atoms with van der Waals surface area (Å²) in [7, 11) is 4.12. The van der Waals surface area contributed by atoms with Gasteiger partial charge in [0.1, 0.15) is 5.75 Å². The number of aromatic amines is 1. The molecule has 1 aromatic heterocycles. The number of hydrogen-bond donors (Lipinski definition) is 2. The predicted octanol–water partition coefficient (Wildman–Crippen LogP) is 4.69. The van der Waals surface area contributed by atoms with Gasteiger partial charge in [-0.25, -0.2) is 0 Å². The number of hydrogen-bond acceptors (Lipinski definition) is 4. The number of likely N-dealkylation sites (N-methyl/N-ethyl adjacent to an activating group) is 1. The minimum Gasteiger partial charge on any atom is -0.516 e. The van der Waals surface area contributed by atoms with Gasteiger partial charge in [0.25, 0.3) is 0 Å². The van der Waals surface area contributed by atoms with E-state index in [1.807, 2.05) is 24.4 Å². The number of nitrogens with zero attached hydrogens (tertiary/aromatic N) is 1. The monoisotopic (exact) mass is 360 g/mol. The summed E-state index contributed by atoms with van der Waals surface area (Å²) in [4.78, 5) is 17.6. The first kappa shape index (κ1) is 21.8. The molecule has 2 aromatic rings. The van der Waals surface area contributed by atoms with Gasteiger partial charge < -0.3 is 19.7 Å². The maximum Gasteiger partial charge on any atom is 0.311 e. The molecule has 0 spiro atoms. The predicted molar refractivity (Wildman–Crippen MR) is 108 cm³/mol. The quantitative estimate of drug-likeness (QED) is 0.445. The molecule has 0 unspecified atom stereocenters. The number of rotatable bonds is 6. The van der Waals surface area contributed by atoms with E-state index in [0.29, 0.717) is 12.2 Å². The summed E-state index contributed by atoms with van der Waals surface area (Å²) in [6.45, 7) is 10.3. The van der Waals surface area contributed by atoms with Crippen LogP contribution < -0.4 is 4.74 Å². The lowest BCUT2D eigenvalue weighted by Gasteiger charge is -2.17. The second kappa shape index (κ2) is 10.0. The standard InChI is InChI=1S/C19H28N2O2.C2H4O/c1-19(2,3)11-9-17(22)23-16-8-6-7-15-18(16)14(13-20-15)10-12-21(4)5;1-2-3/h6-8,13,20H,9-12H2,1-5H3;2-3H,1H2. The van der Waals surface area contributed by atoms with Crippen molar-refractivity contribution in [2.75, 3.05) is 20.6 Å². The van der Waals surface area contributed by atoms with Crippen molar-refractivity contribution in [3.63, 3.8) is 0 Å². The van der Waals surface area contributed by atoms with Crippen molar-refractivity contribution < 1.29 is 14.6 Å². The fourth-order valence-corrected chi connectivity index (χ4v) is 2.50. The van der Waals surface area contributed by atoms with Crippen LogP contribution in [0.2, 0.25) is 0 Å². The van der Waals surface area contributed by atoms with Crippen molar-refractivity contribution in [3.05, 3.63) is 42.8 Å². The van der Waals surface area contributed by atoms with Crippen LogP contribution in [-0.2, 0) is 11.2 Å². The maximum absolute atomic E-state index is 12.2. The molecule has 0 bridgehead atoms. The van der Waals surface area contributed by atoms with Crippen LogP contribution in [0.15, 0.2) is 37.2 Å². The molecule has 0 amide bonds. The Hall–Kier alpha value is -2.27. The second-order valence-corrected chi connectivity index (χ2v) is 7.76. The molecule has 5 heteroatoms. The van der Waals surface area contributed by atoms with Crippen LogP contribution in [0.25, 0.3) is 10.9 Å². The zero-order chi connectivity index (χ0) is 19.7. The van der Waals surface area contributed by atoms with Crippen LogP contribution in [0.5, 0.6) is 5.75 Å². The van der Waals surface area contributed by atoms with Crippen molar-refractivity contribution in [1.82, 2.24) is 9.88 Å². The molecule has 0 radical (unpaired) electrons. The van der Waals surface area contributed by atoms with Gasteiger partial charge in [-0.05, 0) is 50.0 Å². The highest BCUT2D eigenvalue weighted by Crippen LogP contribution is 2.30. The van der Waals surface area contributed by atoms with E-state index in [0.717, 1.165) is 36.6 Å². The van der Waals surface area contributed by atoms with Gasteiger partial charge in [0.15, 0.2) is 0 Å². The molecule has 2 rings (SSSR count). The average Bonchev–Trinajstić information content (AvgIpc) is 2.95. The van der Waals surface area contributed by atoms with E-state index in [4.69, 9.17) is 9.84 Å². The molecule has 144 valence electrons. The lowest BCUT2D eigenvalue weighted by atomic mass is 9.91. The number of aliphatic hydroxyl groups is 1. The van der Waals surface area contributed by atoms with Gasteiger partial charge in [-0.2, -0.15) is 0 Å². The molecule has 26 heavy (non-hydrogen) atoms. The summed E-state index contributed by atoms with van der Waals surface area (Å²) in [5, 5.41) is 8.36. The third-order valence-electron chi connectivity index (χ3n) is 3.88. The summed E-state index contributed by atoms with van der Waals surface area (Å²) in [6.07, 6.45) is 4.95. The molecule has 0 atom stereocenters. The Balaban J connectivity index is 0.00000105. The molecule has 1 heterocycles. The average molecular weight is 360 g/mol. The first-order chi connectivity index (χ1) is 12.2. The number of fused-ring (bicyclic) bond motifs is 1. The van der Waals surface area contributed by atoms with E-state index in [-0.39, 0.29) is 11.4 Å². The highest BCUT2D eigenvalue weighted by atomic mass is 16.5. The van der Waals surface area contributed by atoms with Crippen molar-refractivity contribution in [1.29, 1.82) is 0 Å². The first-order valence-corrected chi connectivity index (χ1v) is 8.87. The number of benzene rings is 1. The summed E-state index contributed by atoms with van der Waals surface area (Å²) in [5.41, 5.74) is 2.34. The molecule has 5 nitrogen and oxygen atoms in total. The SMILES string of the molecule is C=CO.CN(C)CCc1c[nH]c2cccc(OC(=O)CCC(C)(C)C)c12. The Morgan fingerprint density at radius 2 is 2.00 bits per heavy atom. The third kappa shape index (κ3) is 7.31. The van der Waals surface area contributed by atoms with Gasteiger partial charge >= 0.3 is 5.97 Å². The summed E-state index contributed by atoms with van der Waals surface area (Å²) >= 11 is 0. The topological polar surface area (TPSA) is 65.6 Å². The Kier molecular flexibility index (Phi) is 8.39. The van der Waals surface area contributed by atoms with E-state index in [1.54, 1.807) is 0 Å². The summed E-state index contributed by atoms with van der Waals surface area (Å²) in [5.74, 6) is 0.503. The van der Waals surface area contributed by atoms with Crippen LogP contribution in [0.4, 0.5) is 0 Å². The Morgan fingerprint density at radius 3 is 2.58 bits per heavy atom. The minimum atomic E-state index is -0.160. The number of carbonyl (C=O) groups is 1. The largest absolute Gasteiger partial charge is 0.516 e. The Morgan fingerprint density at radius 1 is 1.35 bits per heavy atom. The van der Waals surface area contributed by atoms with Gasteiger partial charge in [-0.1, -0.05) is 33.4 Å². The molecule has 0 aliphatic heterocycles. The van der Waals surface area contributed by atoms with Gasteiger partial charge in [-0.3, -0.25) is 4.79 Å². The maximum atomic E-state index is 12.2. The number of carbonyl (C=O) groups excluding carboxylic acids is 1. The van der Waals surface area contributed by atoms with Crippen molar-refractivity contribution >= 4 is 16.9 Å². The van der Waals surface area contributed by atoms with Gasteiger partial charge in [-0.15, -0.1) is 0 Å². The van der Waals surface area contributed by atoms with Crippen LogP contribution >= 0.6 is 0 Å². The normalized spacial score (nSPS) is 11.2. The fraction of sp³-hybridized carbons (Fsp3) is 0.476. The molecular weight excluding hydrogens is 328 g/mol. The Labute approximate surface area is 156 Å². The molecule has 2 N–H and O–H groups in total. The minimum absolute atomic E-state index is 0.135. The van der Waals surface area contributed by atoms with E-state index in [9.17, 15) is 4.79 Å². The van der Waals surface area contributed by atoms with Gasteiger partial charge in [0, 0.05) is 30.1 Å². The van der Waals surface area contributed by atoms with E-state index in [2.05, 4.69) is 51.3 Å². The van der Waals surface area contributed by atoms with Crippen LogP contribution in [0.3, 0.4) is 0 Å². The number of nitrogens with one attached hydrogen (secondary N) is 1. The smallest absolute Gasteiger partial charge is 0.311 e. The molecule has 0 aliphatic rings. The molecule has 0 saturated heterocycles. The van der Waals surface area contributed by atoms with Crippen molar-refractivity contribution in [2.24, 2.45) is 5.41 Å². The number of esters is 1. The van der Waals surface area contributed by atoms with Crippen molar-refractivity contribution in [3.8, 4) is 5.75 Å². The van der Waals surface area contributed by atoms with Gasteiger partial charge in [0.2, 0.25) is 0 Å². The highest BCUT2D eigenvalue weighted by Gasteiger charge is 2.16. The Bertz CT molecular complexity index is 712.